The Labute approximate surface area is 99.6 Å². The van der Waals surface area contributed by atoms with Crippen molar-refractivity contribution in [3.63, 3.8) is 0 Å². The van der Waals surface area contributed by atoms with E-state index in [0.29, 0.717) is 24.5 Å². The summed E-state index contributed by atoms with van der Waals surface area (Å²) in [7, 11) is 0. The maximum absolute atomic E-state index is 13.3. The average molecular weight is 286 g/mol. The smallest absolute Gasteiger partial charge is 0.188 e. The van der Waals surface area contributed by atoms with Gasteiger partial charge in [-0.05, 0) is 18.2 Å². The second-order valence-electron chi connectivity index (χ2n) is 3.17. The van der Waals surface area contributed by atoms with Crippen LogP contribution in [-0.4, -0.2) is 20.6 Å². The van der Waals surface area contributed by atoms with E-state index in [0.717, 1.165) is 4.47 Å². The molecule has 84 valence electrons. The number of benzene rings is 1. The minimum atomic E-state index is -0.233. The van der Waals surface area contributed by atoms with Gasteiger partial charge in [-0.3, -0.25) is 0 Å². The maximum Gasteiger partial charge on any atom is 0.188 e. The summed E-state index contributed by atoms with van der Waals surface area (Å²) in [6, 6.07) is 4.83. The standard InChI is InChI=1S/C9H9BrFN5/c10-7-1-2-8(11)6(3-7)4-12-5-9-13-15-16-14-9/h1-3,12H,4-5H2,(H,13,14,15,16). The third kappa shape index (κ3) is 2.83. The molecule has 0 spiro atoms. The Bertz CT molecular complexity index is 459. The monoisotopic (exact) mass is 285 g/mol. The predicted octanol–water partition coefficient (Wildman–Crippen LogP) is 1.39. The third-order valence-electron chi connectivity index (χ3n) is 2.00. The molecule has 0 aliphatic carbocycles. The molecule has 1 heterocycles. The van der Waals surface area contributed by atoms with Crippen LogP contribution in [0.25, 0.3) is 0 Å². The van der Waals surface area contributed by atoms with Crippen molar-refractivity contribution in [1.82, 2.24) is 25.9 Å². The van der Waals surface area contributed by atoms with Crippen LogP contribution in [0.15, 0.2) is 22.7 Å². The van der Waals surface area contributed by atoms with Crippen molar-refractivity contribution < 1.29 is 4.39 Å². The Morgan fingerprint density at radius 1 is 1.38 bits per heavy atom. The second-order valence-corrected chi connectivity index (χ2v) is 4.08. The zero-order valence-corrected chi connectivity index (χ0v) is 9.83. The van der Waals surface area contributed by atoms with Crippen LogP contribution in [-0.2, 0) is 13.1 Å². The number of nitrogens with one attached hydrogen (secondary N) is 2. The average Bonchev–Trinajstić information content (AvgIpc) is 2.76. The van der Waals surface area contributed by atoms with E-state index in [4.69, 9.17) is 0 Å². The topological polar surface area (TPSA) is 66.5 Å². The Hall–Kier alpha value is -1.34. The van der Waals surface area contributed by atoms with Gasteiger partial charge < -0.3 is 5.32 Å². The van der Waals surface area contributed by atoms with Crippen molar-refractivity contribution in [2.45, 2.75) is 13.1 Å². The fraction of sp³-hybridized carbons (Fsp3) is 0.222. The zero-order valence-electron chi connectivity index (χ0n) is 8.24. The molecule has 0 fully saturated rings. The van der Waals surface area contributed by atoms with Crippen molar-refractivity contribution in [3.05, 3.63) is 39.9 Å². The molecule has 0 bridgehead atoms. The summed E-state index contributed by atoms with van der Waals surface area (Å²) in [6.07, 6.45) is 0. The van der Waals surface area contributed by atoms with Gasteiger partial charge in [0.05, 0.1) is 6.54 Å². The van der Waals surface area contributed by atoms with E-state index in [2.05, 4.69) is 41.9 Å². The molecule has 0 unspecified atom stereocenters. The number of rotatable bonds is 4. The summed E-state index contributed by atoms with van der Waals surface area (Å²) in [5.74, 6) is 0.319. The molecule has 1 aromatic carbocycles. The molecular formula is C9H9BrFN5. The first-order valence-electron chi connectivity index (χ1n) is 4.62. The van der Waals surface area contributed by atoms with Gasteiger partial charge in [-0.2, -0.15) is 5.21 Å². The van der Waals surface area contributed by atoms with E-state index in [-0.39, 0.29) is 5.82 Å². The van der Waals surface area contributed by atoms with Gasteiger partial charge in [0.1, 0.15) is 5.82 Å². The van der Waals surface area contributed by atoms with Gasteiger partial charge in [-0.25, -0.2) is 4.39 Å². The van der Waals surface area contributed by atoms with Crippen LogP contribution in [0.2, 0.25) is 0 Å². The van der Waals surface area contributed by atoms with Gasteiger partial charge in [-0.1, -0.05) is 21.1 Å². The highest BCUT2D eigenvalue weighted by atomic mass is 79.9. The molecule has 2 N–H and O–H groups in total. The van der Waals surface area contributed by atoms with E-state index in [1.165, 1.54) is 6.07 Å². The Kier molecular flexibility index (Phi) is 3.58. The number of hydrogen-bond acceptors (Lipinski definition) is 4. The molecule has 0 amide bonds. The highest BCUT2D eigenvalue weighted by Crippen LogP contribution is 2.15. The quantitative estimate of drug-likeness (QED) is 0.891. The lowest BCUT2D eigenvalue weighted by atomic mass is 10.2. The summed E-state index contributed by atoms with van der Waals surface area (Å²) < 4.78 is 14.2. The van der Waals surface area contributed by atoms with Crippen molar-refractivity contribution in [2.24, 2.45) is 0 Å². The molecule has 5 nitrogen and oxygen atoms in total. The summed E-state index contributed by atoms with van der Waals surface area (Å²) >= 11 is 3.29. The zero-order chi connectivity index (χ0) is 11.4. The highest BCUT2D eigenvalue weighted by Gasteiger charge is 2.03. The predicted molar refractivity (Wildman–Crippen MR) is 58.8 cm³/mol. The third-order valence-corrected chi connectivity index (χ3v) is 2.49. The van der Waals surface area contributed by atoms with Crippen LogP contribution in [0.3, 0.4) is 0 Å². The van der Waals surface area contributed by atoms with Gasteiger partial charge in [0, 0.05) is 16.6 Å². The summed E-state index contributed by atoms with van der Waals surface area (Å²) in [5.41, 5.74) is 0.595. The van der Waals surface area contributed by atoms with Gasteiger partial charge >= 0.3 is 0 Å². The van der Waals surface area contributed by atoms with E-state index in [1.54, 1.807) is 12.1 Å². The second kappa shape index (κ2) is 5.13. The lowest BCUT2D eigenvalue weighted by Crippen LogP contribution is -2.14. The Balaban J connectivity index is 1.92. The van der Waals surface area contributed by atoms with Crippen LogP contribution in [0.1, 0.15) is 11.4 Å². The van der Waals surface area contributed by atoms with E-state index >= 15 is 0 Å². The summed E-state index contributed by atoms with van der Waals surface area (Å²) in [4.78, 5) is 0. The number of nitrogens with zero attached hydrogens (tertiary/aromatic N) is 3. The van der Waals surface area contributed by atoms with Crippen LogP contribution in [0.5, 0.6) is 0 Å². The first kappa shape index (κ1) is 11.2. The number of aromatic nitrogens is 4. The molecular weight excluding hydrogens is 277 g/mol. The van der Waals surface area contributed by atoms with Gasteiger partial charge in [0.2, 0.25) is 0 Å². The Morgan fingerprint density at radius 2 is 2.25 bits per heavy atom. The molecule has 0 saturated heterocycles. The van der Waals surface area contributed by atoms with Crippen molar-refractivity contribution in [3.8, 4) is 0 Å². The molecule has 0 radical (unpaired) electrons. The first-order chi connectivity index (χ1) is 7.75. The number of halogens is 2. The van der Waals surface area contributed by atoms with E-state index in [9.17, 15) is 4.39 Å². The maximum atomic E-state index is 13.3. The normalized spacial score (nSPS) is 10.6. The molecule has 2 rings (SSSR count). The summed E-state index contributed by atoms with van der Waals surface area (Å²) in [5, 5.41) is 16.3. The SMILES string of the molecule is Fc1ccc(Br)cc1CNCc1nn[nH]n1. The van der Waals surface area contributed by atoms with Crippen molar-refractivity contribution in [2.75, 3.05) is 0 Å². The largest absolute Gasteiger partial charge is 0.305 e. The van der Waals surface area contributed by atoms with Crippen LogP contribution in [0, 0.1) is 5.82 Å². The lowest BCUT2D eigenvalue weighted by molar-refractivity contribution is 0.582. The number of tetrazole rings is 1. The first-order valence-corrected chi connectivity index (χ1v) is 5.42. The van der Waals surface area contributed by atoms with E-state index in [1.807, 2.05) is 0 Å². The van der Waals surface area contributed by atoms with Gasteiger partial charge in [0.25, 0.3) is 0 Å². The van der Waals surface area contributed by atoms with Crippen molar-refractivity contribution >= 4 is 15.9 Å². The molecule has 2 aromatic rings. The fourth-order valence-corrected chi connectivity index (χ4v) is 1.65. The lowest BCUT2D eigenvalue weighted by Gasteiger charge is -2.04. The minimum Gasteiger partial charge on any atom is -0.305 e. The highest BCUT2D eigenvalue weighted by molar-refractivity contribution is 9.10. The Morgan fingerprint density at radius 3 is 3.00 bits per heavy atom. The molecule has 1 aromatic heterocycles. The number of H-pyrrole nitrogens is 1. The molecule has 0 saturated carbocycles. The van der Waals surface area contributed by atoms with Crippen LogP contribution in [0.4, 0.5) is 4.39 Å². The van der Waals surface area contributed by atoms with Crippen LogP contribution < -0.4 is 5.32 Å². The number of hydrogen-bond donors (Lipinski definition) is 2. The van der Waals surface area contributed by atoms with Gasteiger partial charge in [0.15, 0.2) is 5.82 Å². The number of aromatic amines is 1. The molecule has 0 aliphatic rings. The minimum absolute atomic E-state index is 0.233. The van der Waals surface area contributed by atoms with E-state index < -0.39 is 0 Å². The van der Waals surface area contributed by atoms with Crippen LogP contribution >= 0.6 is 15.9 Å². The van der Waals surface area contributed by atoms with Gasteiger partial charge in [-0.15, -0.1) is 10.2 Å². The molecule has 7 heteroatoms. The molecule has 0 atom stereocenters. The van der Waals surface area contributed by atoms with Crippen molar-refractivity contribution in [1.29, 1.82) is 0 Å². The molecule has 0 aliphatic heterocycles. The summed E-state index contributed by atoms with van der Waals surface area (Å²) in [6.45, 7) is 0.863. The fourth-order valence-electron chi connectivity index (χ4n) is 1.25. The molecule has 16 heavy (non-hydrogen) atoms.